The fourth-order valence-electron chi connectivity index (χ4n) is 4.24. The van der Waals surface area contributed by atoms with E-state index in [9.17, 15) is 19.3 Å². The maximum atomic E-state index is 14.0. The lowest BCUT2D eigenvalue weighted by molar-refractivity contribution is -0.149. The zero-order valence-electron chi connectivity index (χ0n) is 22.4. The summed E-state index contributed by atoms with van der Waals surface area (Å²) in [5.41, 5.74) is 5.36. The number of nitrogens with one attached hydrogen (secondary N) is 2. The van der Waals surface area contributed by atoms with Crippen molar-refractivity contribution in [1.82, 2.24) is 24.6 Å². The first-order valence-electron chi connectivity index (χ1n) is 12.7. The Kier molecular flexibility index (Phi) is 7.72. The van der Waals surface area contributed by atoms with Crippen LogP contribution in [0.15, 0.2) is 65.1 Å². The van der Waals surface area contributed by atoms with Gasteiger partial charge in [0.05, 0.1) is 12.5 Å². The number of nitrogens with two attached hydrogens (primary N) is 1. The molecule has 0 radical (unpaired) electrons. The Labute approximate surface area is 233 Å². The number of aliphatic hydroxyl groups is 1. The molecule has 5 N–H and O–H groups in total. The molecule has 216 valence electrons. The van der Waals surface area contributed by atoms with Crippen LogP contribution in [0.4, 0.5) is 5.95 Å². The molecule has 0 bridgehead atoms. The number of esters is 1. The van der Waals surface area contributed by atoms with Crippen molar-refractivity contribution in [1.29, 1.82) is 0 Å². The van der Waals surface area contributed by atoms with Gasteiger partial charge in [0.1, 0.15) is 30.5 Å². The van der Waals surface area contributed by atoms with Crippen LogP contribution in [0.3, 0.4) is 0 Å². The average Bonchev–Trinajstić information content (AvgIpc) is 3.50. The molecule has 2 aromatic heterocycles. The number of anilines is 1. The smallest absolute Gasteiger partial charge is 0.459 e. The number of aliphatic hydroxyl groups excluding tert-OH is 1. The van der Waals surface area contributed by atoms with Gasteiger partial charge < -0.3 is 24.8 Å². The molecule has 2 aromatic carbocycles. The minimum atomic E-state index is -4.28. The second-order valence-electron chi connectivity index (χ2n) is 9.60. The van der Waals surface area contributed by atoms with Crippen LogP contribution in [0.1, 0.15) is 33.4 Å². The highest BCUT2D eigenvalue weighted by Gasteiger charge is 2.36. The molecule has 3 heterocycles. The summed E-state index contributed by atoms with van der Waals surface area (Å²) < 4.78 is 38.2. The van der Waals surface area contributed by atoms with Crippen molar-refractivity contribution in [3.63, 3.8) is 0 Å². The van der Waals surface area contributed by atoms with Crippen LogP contribution < -0.4 is 20.9 Å². The van der Waals surface area contributed by atoms with Crippen molar-refractivity contribution in [2.24, 2.45) is 0 Å². The highest BCUT2D eigenvalue weighted by Crippen LogP contribution is 2.48. The first-order valence-corrected chi connectivity index (χ1v) is 14.3. The van der Waals surface area contributed by atoms with Crippen molar-refractivity contribution >= 4 is 41.6 Å². The number of rotatable bonds is 10. The number of carbonyl (C=O) groups is 1. The molecular weight excluding hydrogens is 555 g/mol. The molecule has 0 fully saturated rings. The molecule has 5 rings (SSSR count). The van der Waals surface area contributed by atoms with E-state index in [0.717, 1.165) is 5.39 Å². The van der Waals surface area contributed by atoms with Gasteiger partial charge in [-0.3, -0.25) is 23.7 Å². The van der Waals surface area contributed by atoms with Crippen LogP contribution in [0, 0.1) is 0 Å². The molecule has 15 heteroatoms. The molecule has 0 saturated heterocycles. The van der Waals surface area contributed by atoms with E-state index in [2.05, 4.69) is 20.0 Å². The standard InChI is InChI=1S/C26H29N6O8P/c1-14(2)38-25(35)15(3)31-41(36,40-19-10-6-8-16-7-4-5-9-17(16)19)37-12-20-18(33)11-21(39-20)32-13-28-22-23(32)29-26(27)30-24(22)34/h4-10,13-15,21,33H,11-12H2,1-3H3,(H,31,36)(H3,27,29,30,34)/t15-,21+,41?/m0/s1. The average molecular weight is 585 g/mol. The number of carbonyl (C=O) groups excluding carboxylic acids is 1. The summed E-state index contributed by atoms with van der Waals surface area (Å²) in [7, 11) is -4.28. The van der Waals surface area contributed by atoms with Crippen LogP contribution in [-0.4, -0.2) is 49.3 Å². The Morgan fingerprint density at radius 3 is 2.80 bits per heavy atom. The van der Waals surface area contributed by atoms with Crippen LogP contribution >= 0.6 is 7.75 Å². The summed E-state index contributed by atoms with van der Waals surface area (Å²) in [6, 6.07) is 11.5. The zero-order chi connectivity index (χ0) is 29.3. The van der Waals surface area contributed by atoms with Gasteiger partial charge in [0.25, 0.3) is 5.56 Å². The van der Waals surface area contributed by atoms with E-state index >= 15 is 0 Å². The van der Waals surface area contributed by atoms with Crippen molar-refractivity contribution in [2.75, 3.05) is 12.3 Å². The number of nitrogens with zero attached hydrogens (tertiary/aromatic N) is 3. The maximum absolute atomic E-state index is 14.0. The van der Waals surface area contributed by atoms with E-state index in [0.29, 0.717) is 5.39 Å². The number of imidazole rings is 1. The highest BCUT2D eigenvalue weighted by molar-refractivity contribution is 7.52. The number of fused-ring (bicyclic) bond motifs is 2. The minimum absolute atomic E-state index is 0.0163. The molecule has 4 aromatic rings. The van der Waals surface area contributed by atoms with E-state index in [1.807, 2.05) is 24.3 Å². The Morgan fingerprint density at radius 2 is 2.02 bits per heavy atom. The second-order valence-corrected chi connectivity index (χ2v) is 11.3. The first-order chi connectivity index (χ1) is 19.5. The lowest BCUT2D eigenvalue weighted by Gasteiger charge is -2.24. The Bertz CT molecular complexity index is 1740. The molecule has 0 saturated carbocycles. The van der Waals surface area contributed by atoms with E-state index in [1.54, 1.807) is 32.0 Å². The van der Waals surface area contributed by atoms with Gasteiger partial charge in [-0.05, 0) is 32.2 Å². The van der Waals surface area contributed by atoms with Gasteiger partial charge in [0, 0.05) is 5.39 Å². The number of benzene rings is 2. The Morgan fingerprint density at radius 1 is 1.27 bits per heavy atom. The quantitative estimate of drug-likeness (QED) is 0.156. The van der Waals surface area contributed by atoms with Gasteiger partial charge in [-0.2, -0.15) is 10.1 Å². The van der Waals surface area contributed by atoms with E-state index in [1.165, 1.54) is 17.8 Å². The van der Waals surface area contributed by atoms with Crippen molar-refractivity contribution < 1.29 is 33.0 Å². The molecule has 1 unspecified atom stereocenters. The summed E-state index contributed by atoms with van der Waals surface area (Å²) >= 11 is 0. The van der Waals surface area contributed by atoms with Crippen LogP contribution in [0.2, 0.25) is 0 Å². The Balaban J connectivity index is 1.37. The van der Waals surface area contributed by atoms with Gasteiger partial charge in [-0.15, -0.1) is 0 Å². The fourth-order valence-corrected chi connectivity index (χ4v) is 5.71. The van der Waals surface area contributed by atoms with Crippen molar-refractivity contribution in [3.8, 4) is 5.75 Å². The third-order valence-electron chi connectivity index (χ3n) is 6.12. The summed E-state index contributed by atoms with van der Waals surface area (Å²) in [5.74, 6) is -0.719. The third-order valence-corrected chi connectivity index (χ3v) is 7.73. The number of hydrogen-bond acceptors (Lipinski definition) is 11. The Hall–Kier alpha value is -4.39. The fraction of sp³-hybridized carbons (Fsp3) is 0.308. The number of aromatic nitrogens is 4. The van der Waals surface area contributed by atoms with E-state index in [4.69, 9.17) is 24.3 Å². The molecule has 41 heavy (non-hydrogen) atoms. The topological polar surface area (TPSA) is 193 Å². The predicted molar refractivity (Wildman–Crippen MR) is 149 cm³/mol. The SMILES string of the molecule is CC(C)OC(=O)[C@H](C)NP(=O)(OCC1=C(O)C[C@H](n2cnc3c(=O)[nH]c(N)nc32)O1)Oc1cccc2ccccc12. The highest BCUT2D eigenvalue weighted by atomic mass is 31.2. The molecular formula is C26H29N6O8P. The van der Waals surface area contributed by atoms with Gasteiger partial charge in [0.2, 0.25) is 5.95 Å². The molecule has 0 spiro atoms. The number of H-pyrrole nitrogens is 1. The van der Waals surface area contributed by atoms with Crippen LogP contribution in [0.25, 0.3) is 21.9 Å². The maximum Gasteiger partial charge on any atom is 0.459 e. The van der Waals surface area contributed by atoms with Gasteiger partial charge >= 0.3 is 13.7 Å². The molecule has 1 aliphatic rings. The number of aromatic amines is 1. The first kappa shape index (κ1) is 28.1. The van der Waals surface area contributed by atoms with E-state index in [-0.39, 0.29) is 40.8 Å². The van der Waals surface area contributed by atoms with Crippen molar-refractivity contribution in [3.05, 3.63) is 70.7 Å². The summed E-state index contributed by atoms with van der Waals surface area (Å²) in [6.07, 6.45) is 0.0965. The van der Waals surface area contributed by atoms with Gasteiger partial charge in [-0.25, -0.2) is 9.55 Å². The number of hydrogen-bond donors (Lipinski definition) is 4. The van der Waals surface area contributed by atoms with Crippen LogP contribution in [-0.2, 0) is 23.4 Å². The summed E-state index contributed by atoms with van der Waals surface area (Å²) in [5, 5.41) is 14.8. The number of ether oxygens (including phenoxy) is 2. The zero-order valence-corrected chi connectivity index (χ0v) is 23.3. The monoisotopic (exact) mass is 584 g/mol. The van der Waals surface area contributed by atoms with Crippen LogP contribution in [0.5, 0.6) is 5.75 Å². The lowest BCUT2D eigenvalue weighted by atomic mass is 10.1. The van der Waals surface area contributed by atoms with Gasteiger partial charge in [0.15, 0.2) is 23.2 Å². The lowest BCUT2D eigenvalue weighted by Crippen LogP contribution is -2.36. The van der Waals surface area contributed by atoms with E-state index < -0.39 is 44.3 Å². The molecule has 0 aliphatic carbocycles. The molecule has 1 aliphatic heterocycles. The largest absolute Gasteiger partial charge is 0.508 e. The molecule has 0 amide bonds. The molecule has 3 atom stereocenters. The molecule has 14 nitrogen and oxygen atoms in total. The van der Waals surface area contributed by atoms with Gasteiger partial charge in [-0.1, -0.05) is 36.4 Å². The number of nitrogen functional groups attached to an aromatic ring is 1. The second kappa shape index (κ2) is 11.2. The third kappa shape index (κ3) is 6.04. The summed E-state index contributed by atoms with van der Waals surface area (Å²) in [6.45, 7) is 4.38. The summed E-state index contributed by atoms with van der Waals surface area (Å²) in [4.78, 5) is 35.2. The van der Waals surface area contributed by atoms with Crippen molar-refractivity contribution in [2.45, 2.75) is 45.6 Å². The predicted octanol–water partition coefficient (Wildman–Crippen LogP) is 3.68. The normalized spacial score (nSPS) is 17.5. The minimum Gasteiger partial charge on any atom is -0.508 e.